The third kappa shape index (κ3) is 3.88. The van der Waals surface area contributed by atoms with Gasteiger partial charge in [-0.3, -0.25) is 0 Å². The quantitative estimate of drug-likeness (QED) is 0.940. The molecule has 1 fully saturated rings. The summed E-state index contributed by atoms with van der Waals surface area (Å²) in [6.07, 6.45) is 0. The molecule has 1 saturated heterocycles. The molecule has 3 rings (SSSR count). The van der Waals surface area contributed by atoms with Crippen molar-refractivity contribution in [3.05, 3.63) is 65.2 Å². The first-order valence-electron chi connectivity index (χ1n) is 8.52. The van der Waals surface area contributed by atoms with Gasteiger partial charge in [-0.05, 0) is 31.0 Å². The Morgan fingerprint density at radius 2 is 1.71 bits per heavy atom. The number of piperazine rings is 1. The Morgan fingerprint density at radius 1 is 1.00 bits per heavy atom. The van der Waals surface area contributed by atoms with Gasteiger partial charge in [-0.25, -0.2) is 4.79 Å². The van der Waals surface area contributed by atoms with Crippen molar-refractivity contribution in [1.29, 1.82) is 0 Å². The van der Waals surface area contributed by atoms with Gasteiger partial charge in [0.2, 0.25) is 0 Å². The summed E-state index contributed by atoms with van der Waals surface area (Å²) < 4.78 is 0. The van der Waals surface area contributed by atoms with Gasteiger partial charge in [-0.2, -0.15) is 0 Å². The Bertz CT molecular complexity index is 691. The fourth-order valence-corrected chi connectivity index (χ4v) is 3.20. The lowest BCUT2D eigenvalue weighted by Gasteiger charge is -2.36. The molecule has 1 aliphatic rings. The molecule has 126 valence electrons. The number of hydrogen-bond donors (Lipinski definition) is 1. The number of hydrogen-bond acceptors (Lipinski definition) is 2. The Kier molecular flexibility index (Phi) is 5.04. The van der Waals surface area contributed by atoms with E-state index in [-0.39, 0.29) is 6.03 Å². The summed E-state index contributed by atoms with van der Waals surface area (Å²) in [6, 6.07) is 16.6. The van der Waals surface area contributed by atoms with Crippen LogP contribution < -0.4 is 10.2 Å². The second-order valence-electron chi connectivity index (χ2n) is 6.41. The monoisotopic (exact) mass is 323 g/mol. The third-order valence-corrected chi connectivity index (χ3v) is 4.55. The highest BCUT2D eigenvalue weighted by atomic mass is 16.2. The number of benzene rings is 2. The molecule has 4 heteroatoms. The first kappa shape index (κ1) is 16.4. The molecule has 4 nitrogen and oxygen atoms in total. The number of urea groups is 1. The zero-order chi connectivity index (χ0) is 16.9. The van der Waals surface area contributed by atoms with Crippen molar-refractivity contribution >= 4 is 11.7 Å². The molecule has 2 aromatic carbocycles. The Balaban J connectivity index is 1.52. The minimum atomic E-state index is 0.0270. The van der Waals surface area contributed by atoms with Crippen LogP contribution in [-0.4, -0.2) is 37.1 Å². The van der Waals surface area contributed by atoms with Gasteiger partial charge in [0.25, 0.3) is 0 Å². The van der Waals surface area contributed by atoms with Gasteiger partial charge in [0, 0.05) is 38.4 Å². The van der Waals surface area contributed by atoms with Crippen molar-refractivity contribution in [3.63, 3.8) is 0 Å². The number of carbonyl (C=O) groups excluding carboxylic acids is 1. The van der Waals surface area contributed by atoms with E-state index in [1.54, 1.807) is 0 Å². The van der Waals surface area contributed by atoms with E-state index in [2.05, 4.69) is 42.3 Å². The molecule has 1 heterocycles. The number of rotatable bonds is 3. The number of anilines is 1. The van der Waals surface area contributed by atoms with Crippen LogP contribution >= 0.6 is 0 Å². The maximum absolute atomic E-state index is 12.3. The molecule has 0 atom stereocenters. The lowest BCUT2D eigenvalue weighted by molar-refractivity contribution is 0.194. The van der Waals surface area contributed by atoms with E-state index in [9.17, 15) is 4.79 Å². The van der Waals surface area contributed by atoms with Crippen LogP contribution in [0.4, 0.5) is 10.5 Å². The molecule has 0 bridgehead atoms. The van der Waals surface area contributed by atoms with E-state index in [1.165, 1.54) is 16.8 Å². The van der Waals surface area contributed by atoms with E-state index >= 15 is 0 Å². The SMILES string of the molecule is Cc1ccc(N2CCN(C(=O)NCc3ccccc3)CC2)c(C)c1. The molecule has 0 spiro atoms. The first-order valence-corrected chi connectivity index (χ1v) is 8.52. The normalized spacial score (nSPS) is 14.6. The van der Waals surface area contributed by atoms with E-state index in [0.717, 1.165) is 31.7 Å². The number of nitrogens with one attached hydrogen (secondary N) is 1. The molecule has 1 N–H and O–H groups in total. The van der Waals surface area contributed by atoms with Crippen LogP contribution in [-0.2, 0) is 6.54 Å². The zero-order valence-electron chi connectivity index (χ0n) is 14.5. The van der Waals surface area contributed by atoms with Crippen molar-refractivity contribution in [2.24, 2.45) is 0 Å². The molecule has 0 radical (unpaired) electrons. The Hall–Kier alpha value is -2.49. The van der Waals surface area contributed by atoms with Gasteiger partial charge in [0.15, 0.2) is 0 Å². The average Bonchev–Trinajstić information content (AvgIpc) is 2.61. The summed E-state index contributed by atoms with van der Waals surface area (Å²) in [7, 11) is 0. The highest BCUT2D eigenvalue weighted by molar-refractivity contribution is 5.74. The maximum atomic E-state index is 12.3. The second-order valence-corrected chi connectivity index (χ2v) is 6.41. The largest absolute Gasteiger partial charge is 0.368 e. The molecule has 0 aromatic heterocycles. The summed E-state index contributed by atoms with van der Waals surface area (Å²) in [5.74, 6) is 0. The highest BCUT2D eigenvalue weighted by Gasteiger charge is 2.21. The molecule has 2 aromatic rings. The van der Waals surface area contributed by atoms with Crippen LogP contribution in [0.3, 0.4) is 0 Å². The standard InChI is InChI=1S/C20H25N3O/c1-16-8-9-19(17(2)14-16)22-10-12-23(13-11-22)20(24)21-15-18-6-4-3-5-7-18/h3-9,14H,10-13,15H2,1-2H3,(H,21,24). The van der Waals surface area contributed by atoms with Crippen LogP contribution in [0.15, 0.2) is 48.5 Å². The van der Waals surface area contributed by atoms with Gasteiger partial charge >= 0.3 is 6.03 Å². The van der Waals surface area contributed by atoms with Gasteiger partial charge in [-0.1, -0.05) is 48.0 Å². The van der Waals surface area contributed by atoms with Crippen molar-refractivity contribution in [3.8, 4) is 0 Å². The maximum Gasteiger partial charge on any atom is 0.317 e. The molecule has 0 aliphatic carbocycles. The average molecular weight is 323 g/mol. The molecule has 24 heavy (non-hydrogen) atoms. The van der Waals surface area contributed by atoms with Gasteiger partial charge in [0.05, 0.1) is 0 Å². The summed E-state index contributed by atoms with van der Waals surface area (Å²) in [5, 5.41) is 3.01. The highest BCUT2D eigenvalue weighted by Crippen LogP contribution is 2.22. The van der Waals surface area contributed by atoms with Gasteiger partial charge in [-0.15, -0.1) is 0 Å². The molecule has 2 amide bonds. The minimum absolute atomic E-state index is 0.0270. The topological polar surface area (TPSA) is 35.6 Å². The predicted octanol–water partition coefficient (Wildman–Crippen LogP) is 3.34. The summed E-state index contributed by atoms with van der Waals surface area (Å²) in [4.78, 5) is 16.6. The summed E-state index contributed by atoms with van der Waals surface area (Å²) in [6.45, 7) is 8.12. The smallest absolute Gasteiger partial charge is 0.317 e. The minimum Gasteiger partial charge on any atom is -0.368 e. The lowest BCUT2D eigenvalue weighted by atomic mass is 10.1. The fraction of sp³-hybridized carbons (Fsp3) is 0.350. The van der Waals surface area contributed by atoms with E-state index in [1.807, 2.05) is 35.2 Å². The Morgan fingerprint density at radius 3 is 2.38 bits per heavy atom. The number of nitrogens with zero attached hydrogens (tertiary/aromatic N) is 2. The van der Waals surface area contributed by atoms with Gasteiger partial charge < -0.3 is 15.1 Å². The number of carbonyl (C=O) groups is 1. The van der Waals surface area contributed by atoms with Crippen LogP contribution in [0.25, 0.3) is 0 Å². The van der Waals surface area contributed by atoms with Crippen LogP contribution in [0.1, 0.15) is 16.7 Å². The van der Waals surface area contributed by atoms with Crippen LogP contribution in [0.5, 0.6) is 0 Å². The van der Waals surface area contributed by atoms with Crippen molar-refractivity contribution in [2.45, 2.75) is 20.4 Å². The molecular weight excluding hydrogens is 298 g/mol. The number of amides is 2. The third-order valence-electron chi connectivity index (χ3n) is 4.55. The lowest BCUT2D eigenvalue weighted by Crippen LogP contribution is -2.51. The van der Waals surface area contributed by atoms with Crippen molar-refractivity contribution < 1.29 is 4.79 Å². The van der Waals surface area contributed by atoms with Crippen molar-refractivity contribution in [1.82, 2.24) is 10.2 Å². The Labute approximate surface area is 144 Å². The van der Waals surface area contributed by atoms with Crippen LogP contribution in [0, 0.1) is 13.8 Å². The van der Waals surface area contributed by atoms with E-state index in [0.29, 0.717) is 6.54 Å². The first-order chi connectivity index (χ1) is 11.6. The van der Waals surface area contributed by atoms with E-state index < -0.39 is 0 Å². The molecular formula is C20H25N3O. The number of aryl methyl sites for hydroxylation is 2. The molecule has 1 aliphatic heterocycles. The second kappa shape index (κ2) is 7.39. The molecule has 0 saturated carbocycles. The molecule has 0 unspecified atom stereocenters. The predicted molar refractivity (Wildman–Crippen MR) is 98.4 cm³/mol. The van der Waals surface area contributed by atoms with E-state index in [4.69, 9.17) is 0 Å². The van der Waals surface area contributed by atoms with Crippen LogP contribution in [0.2, 0.25) is 0 Å². The van der Waals surface area contributed by atoms with Crippen molar-refractivity contribution in [2.75, 3.05) is 31.1 Å². The summed E-state index contributed by atoms with van der Waals surface area (Å²) >= 11 is 0. The zero-order valence-corrected chi connectivity index (χ0v) is 14.5. The van der Waals surface area contributed by atoms with Gasteiger partial charge in [0.1, 0.15) is 0 Å². The fourth-order valence-electron chi connectivity index (χ4n) is 3.20. The summed E-state index contributed by atoms with van der Waals surface area (Å²) in [5.41, 5.74) is 5.00.